The number of allylic oxidation sites excluding steroid dienone is 1. The van der Waals surface area contributed by atoms with E-state index in [0.717, 1.165) is 44.0 Å². The minimum atomic E-state index is -4.22. The van der Waals surface area contributed by atoms with Crippen LogP contribution in [0, 0.1) is 40.9 Å². The van der Waals surface area contributed by atoms with Gasteiger partial charge in [-0.05, 0) is 117 Å². The Bertz CT molecular complexity index is 1470. The van der Waals surface area contributed by atoms with Gasteiger partial charge < -0.3 is 4.74 Å². The molecule has 5 rings (SSSR count). The monoisotopic (exact) mass is 626 g/mol. The van der Waals surface area contributed by atoms with Gasteiger partial charge in [0.15, 0.2) is 23.3 Å². The molecule has 0 unspecified atom stereocenters. The first-order chi connectivity index (χ1) is 20.8. The van der Waals surface area contributed by atoms with Gasteiger partial charge in [-0.25, -0.2) is 30.7 Å². The number of hydrogen-bond donors (Lipinski definition) is 0. The van der Waals surface area contributed by atoms with Gasteiger partial charge in [-0.2, -0.15) is 8.78 Å². The molecule has 0 radical (unpaired) electrons. The summed E-state index contributed by atoms with van der Waals surface area (Å²) < 4.78 is 133. The van der Waals surface area contributed by atoms with Crippen LogP contribution in [0.1, 0.15) is 80.9 Å². The van der Waals surface area contributed by atoms with Crippen LogP contribution < -0.4 is 0 Å². The molecular weight excluding hydrogens is 595 g/mol. The second-order valence-corrected chi connectivity index (χ2v) is 11.8. The van der Waals surface area contributed by atoms with E-state index < -0.39 is 58.5 Å². The molecule has 44 heavy (non-hydrogen) atoms. The van der Waals surface area contributed by atoms with Crippen molar-refractivity contribution in [2.45, 2.75) is 76.4 Å². The van der Waals surface area contributed by atoms with E-state index in [1.165, 1.54) is 24.3 Å². The maximum absolute atomic E-state index is 15.1. The number of benzene rings is 3. The molecule has 2 fully saturated rings. The van der Waals surface area contributed by atoms with E-state index in [4.69, 9.17) is 4.74 Å². The Morgan fingerprint density at radius 1 is 0.659 bits per heavy atom. The maximum atomic E-state index is 15.1. The topological polar surface area (TPSA) is 9.23 Å². The first-order valence-electron chi connectivity index (χ1n) is 14.7. The smallest absolute Gasteiger partial charge is 0.313 e. The van der Waals surface area contributed by atoms with Crippen LogP contribution in [0.3, 0.4) is 0 Å². The van der Waals surface area contributed by atoms with Crippen molar-refractivity contribution < 1.29 is 44.3 Å². The predicted molar refractivity (Wildman–Crippen MR) is 148 cm³/mol. The van der Waals surface area contributed by atoms with E-state index in [2.05, 4.69) is 0 Å². The number of halogens is 9. The van der Waals surface area contributed by atoms with Crippen molar-refractivity contribution >= 4 is 5.83 Å². The summed E-state index contributed by atoms with van der Waals surface area (Å²) in [4.78, 5) is 0. The van der Waals surface area contributed by atoms with Crippen molar-refractivity contribution in [1.82, 2.24) is 0 Å². The van der Waals surface area contributed by atoms with E-state index in [1.807, 2.05) is 0 Å². The molecule has 10 heteroatoms. The van der Waals surface area contributed by atoms with Crippen molar-refractivity contribution in [1.29, 1.82) is 0 Å². The fraction of sp³-hybridized carbons (Fsp3) is 0.412. The molecule has 3 aromatic carbocycles. The Balaban J connectivity index is 1.17. The third-order valence-electron chi connectivity index (χ3n) is 9.06. The predicted octanol–water partition coefficient (Wildman–Crippen LogP) is 11.3. The number of rotatable bonds is 7. The van der Waals surface area contributed by atoms with Crippen molar-refractivity contribution in [3.8, 4) is 11.1 Å². The van der Waals surface area contributed by atoms with Crippen molar-refractivity contribution in [2.24, 2.45) is 11.8 Å². The highest BCUT2D eigenvalue weighted by Crippen LogP contribution is 2.45. The molecule has 2 aliphatic rings. The number of alkyl halides is 2. The summed E-state index contributed by atoms with van der Waals surface area (Å²) in [6.45, 7) is 0.944. The maximum Gasteiger partial charge on any atom is 0.389 e. The minimum absolute atomic E-state index is 0.0580. The van der Waals surface area contributed by atoms with Gasteiger partial charge in [0, 0.05) is 5.56 Å². The molecule has 0 aliphatic heterocycles. The van der Waals surface area contributed by atoms with Gasteiger partial charge in [0.1, 0.15) is 23.0 Å². The lowest BCUT2D eigenvalue weighted by molar-refractivity contribution is -0.281. The van der Waals surface area contributed by atoms with Crippen LogP contribution in [-0.2, 0) is 10.8 Å². The largest absolute Gasteiger partial charge is 0.389 e. The van der Waals surface area contributed by atoms with Crippen LogP contribution in [0.2, 0.25) is 0 Å². The third-order valence-corrected chi connectivity index (χ3v) is 9.06. The lowest BCUT2D eigenvalue weighted by Crippen LogP contribution is -2.33. The molecule has 0 saturated heterocycles. The SMILES string of the molecule is CC(F)=C(F)c1ccc(-c2cc(F)c(C(F)(F)OC3CCC(C4CCC(c5cc(F)c(F)c(F)c5)CC4)CC3)c(F)c2)cc1. The average molecular weight is 627 g/mol. The molecule has 1 nitrogen and oxygen atoms in total. The van der Waals surface area contributed by atoms with Crippen LogP contribution in [-0.4, -0.2) is 6.10 Å². The van der Waals surface area contributed by atoms with Crippen molar-refractivity contribution in [2.75, 3.05) is 0 Å². The van der Waals surface area contributed by atoms with Crippen molar-refractivity contribution in [3.05, 3.63) is 100 Å². The molecule has 0 bridgehead atoms. The zero-order chi connectivity index (χ0) is 31.8. The summed E-state index contributed by atoms with van der Waals surface area (Å²) in [6, 6.07) is 8.61. The Kier molecular flexibility index (Phi) is 9.49. The summed E-state index contributed by atoms with van der Waals surface area (Å²) in [5.74, 6) is -8.56. The second-order valence-electron chi connectivity index (χ2n) is 11.8. The van der Waals surface area contributed by atoms with Crippen LogP contribution in [0.15, 0.2) is 54.4 Å². The molecule has 3 aromatic rings. The molecule has 2 saturated carbocycles. The molecule has 0 N–H and O–H groups in total. The third kappa shape index (κ3) is 6.85. The van der Waals surface area contributed by atoms with Gasteiger partial charge in [-0.3, -0.25) is 0 Å². The van der Waals surface area contributed by atoms with Gasteiger partial charge in [-0.15, -0.1) is 0 Å². The summed E-state index contributed by atoms with van der Waals surface area (Å²) in [7, 11) is 0. The Hall–Kier alpha value is -3.27. The highest BCUT2D eigenvalue weighted by atomic mass is 19.3. The van der Waals surface area contributed by atoms with Crippen molar-refractivity contribution in [3.63, 3.8) is 0 Å². The van der Waals surface area contributed by atoms with E-state index in [9.17, 15) is 30.7 Å². The molecule has 0 heterocycles. The summed E-state index contributed by atoms with van der Waals surface area (Å²) in [5.41, 5.74) is -0.976. The highest BCUT2D eigenvalue weighted by molar-refractivity contribution is 5.68. The fourth-order valence-electron chi connectivity index (χ4n) is 6.71. The Morgan fingerprint density at radius 2 is 1.16 bits per heavy atom. The van der Waals surface area contributed by atoms with E-state index in [0.29, 0.717) is 37.2 Å². The molecule has 0 aromatic heterocycles. The molecule has 0 spiro atoms. The fourth-order valence-corrected chi connectivity index (χ4v) is 6.71. The van der Waals surface area contributed by atoms with Gasteiger partial charge in [0.25, 0.3) is 0 Å². The Morgan fingerprint density at radius 3 is 1.66 bits per heavy atom. The molecule has 2 aliphatic carbocycles. The second kappa shape index (κ2) is 13.0. The van der Waals surface area contributed by atoms with E-state index in [1.54, 1.807) is 0 Å². The molecule has 0 amide bonds. The molecule has 236 valence electrons. The standard InChI is InChI=1S/C34H31F9O/c1-18(35)32(40)23-8-6-22(7-9-23)24-14-27(36)31(28(37)15-24)34(42,43)44-26-12-10-20(11-13-26)19-2-4-21(5-3-19)25-16-29(38)33(41)30(39)17-25/h6-9,14-17,19-21,26H,2-5,10-13H2,1H3. The van der Waals surface area contributed by atoms with Gasteiger partial charge in [0.05, 0.1) is 6.10 Å². The summed E-state index contributed by atoms with van der Waals surface area (Å²) in [5, 5.41) is 0. The van der Waals surface area contributed by atoms with Crippen LogP contribution >= 0.6 is 0 Å². The highest BCUT2D eigenvalue weighted by Gasteiger charge is 2.43. The first-order valence-corrected chi connectivity index (χ1v) is 14.7. The lowest BCUT2D eigenvalue weighted by Gasteiger charge is -2.38. The average Bonchev–Trinajstić information content (AvgIpc) is 2.99. The first kappa shape index (κ1) is 32.1. The van der Waals surface area contributed by atoms with Gasteiger partial charge in [0.2, 0.25) is 0 Å². The van der Waals surface area contributed by atoms with Crippen LogP contribution in [0.5, 0.6) is 0 Å². The molecule has 0 atom stereocenters. The zero-order valence-corrected chi connectivity index (χ0v) is 23.9. The van der Waals surface area contributed by atoms with E-state index in [-0.39, 0.29) is 41.4 Å². The zero-order valence-electron chi connectivity index (χ0n) is 23.9. The summed E-state index contributed by atoms with van der Waals surface area (Å²) >= 11 is 0. The molecular formula is C34H31F9O. The lowest BCUT2D eigenvalue weighted by atomic mass is 9.69. The Labute approximate surface area is 249 Å². The minimum Gasteiger partial charge on any atom is -0.313 e. The summed E-state index contributed by atoms with van der Waals surface area (Å²) in [6.07, 6.45) is -0.470. The quantitative estimate of drug-likeness (QED) is 0.187. The van der Waals surface area contributed by atoms with Gasteiger partial charge >= 0.3 is 6.11 Å². The van der Waals surface area contributed by atoms with Crippen LogP contribution in [0.4, 0.5) is 39.5 Å². The number of hydrogen-bond acceptors (Lipinski definition) is 1. The van der Waals surface area contributed by atoms with E-state index >= 15 is 8.78 Å². The van der Waals surface area contributed by atoms with Gasteiger partial charge in [-0.1, -0.05) is 24.3 Å². The number of ether oxygens (including phenoxy) is 1. The van der Waals surface area contributed by atoms with Crippen LogP contribution in [0.25, 0.3) is 17.0 Å². The normalized spacial score (nSPS) is 23.4.